The maximum Gasteiger partial charge on any atom is 0.200 e. The molecule has 5 nitrogen and oxygen atoms in total. The van der Waals surface area contributed by atoms with Gasteiger partial charge < -0.3 is 19.1 Å². The molecule has 124 valence electrons. The largest absolute Gasteiger partial charge is 0.496 e. The average Bonchev–Trinajstić information content (AvgIpc) is 2.82. The molecular weight excluding hydrogens is 293 g/mol. The summed E-state index contributed by atoms with van der Waals surface area (Å²) in [4.78, 5) is 13.7. The van der Waals surface area contributed by atoms with Crippen LogP contribution in [-0.2, 0) is 4.74 Å². The predicted octanol–water partition coefficient (Wildman–Crippen LogP) is 3.13. The summed E-state index contributed by atoms with van der Waals surface area (Å²) in [5.41, 5.74) is 0.689. The van der Waals surface area contributed by atoms with Gasteiger partial charge in [0.05, 0.1) is 31.9 Å². The van der Waals surface area contributed by atoms with E-state index in [0.717, 1.165) is 6.42 Å². The number of ether oxygens (including phenoxy) is 3. The highest BCUT2D eigenvalue weighted by Gasteiger charge is 2.44. The molecule has 1 saturated heterocycles. The number of nitrogens with zero attached hydrogens (tertiary/aromatic N) is 1. The van der Waals surface area contributed by atoms with E-state index in [1.807, 2.05) is 25.1 Å². The van der Waals surface area contributed by atoms with Gasteiger partial charge in [-0.3, -0.25) is 4.79 Å². The van der Waals surface area contributed by atoms with Crippen molar-refractivity contribution in [1.82, 2.24) is 4.90 Å². The number of methoxy groups -OCH3 is 2. The van der Waals surface area contributed by atoms with Crippen LogP contribution in [0.1, 0.15) is 39.0 Å². The van der Waals surface area contributed by atoms with Crippen molar-refractivity contribution < 1.29 is 19.0 Å². The van der Waals surface area contributed by atoms with Crippen molar-refractivity contribution in [3.8, 4) is 11.5 Å². The predicted molar refractivity (Wildman–Crippen MR) is 89.1 cm³/mol. The number of rotatable bonds is 5. The molecule has 0 aromatic heterocycles. The molecule has 1 fully saturated rings. The van der Waals surface area contributed by atoms with Crippen LogP contribution in [0.25, 0.3) is 0 Å². The topological polar surface area (TPSA) is 48.0 Å². The first-order chi connectivity index (χ1) is 10.9. The molecule has 2 unspecified atom stereocenters. The lowest BCUT2D eigenvalue weighted by Gasteiger charge is -2.30. The number of carbonyl (C=O) groups excluding carboxylic acids is 1. The van der Waals surface area contributed by atoms with E-state index in [1.54, 1.807) is 19.1 Å². The Hall–Kier alpha value is -1.69. The lowest BCUT2D eigenvalue weighted by atomic mass is 9.96. The maximum atomic E-state index is 12.1. The minimum atomic E-state index is -0.614. The Kier molecular flexibility index (Phi) is 5.57. The monoisotopic (exact) mass is 317 g/mol. The summed E-state index contributed by atoms with van der Waals surface area (Å²) in [6.07, 6.45) is 0.0831. The van der Waals surface area contributed by atoms with E-state index in [4.69, 9.17) is 22.1 Å². The van der Waals surface area contributed by atoms with Crippen molar-refractivity contribution >= 4 is 13.7 Å². The third-order valence-electron chi connectivity index (χ3n) is 4.18. The van der Waals surface area contributed by atoms with Crippen LogP contribution in [0.15, 0.2) is 18.2 Å². The summed E-state index contributed by atoms with van der Waals surface area (Å²) in [6.45, 7) is 6.19. The van der Waals surface area contributed by atoms with Crippen LogP contribution in [0.5, 0.6) is 11.5 Å². The van der Waals surface area contributed by atoms with Gasteiger partial charge in [0.1, 0.15) is 11.5 Å². The van der Waals surface area contributed by atoms with Crippen molar-refractivity contribution in [3.63, 3.8) is 0 Å². The smallest absolute Gasteiger partial charge is 0.200 e. The number of hydrogen-bond acceptors (Lipinski definition) is 4. The van der Waals surface area contributed by atoms with Gasteiger partial charge in [-0.25, -0.2) is 0 Å². The van der Waals surface area contributed by atoms with Crippen LogP contribution in [0.3, 0.4) is 0 Å². The van der Waals surface area contributed by atoms with Crippen LogP contribution < -0.4 is 9.47 Å². The van der Waals surface area contributed by atoms with Crippen LogP contribution in [-0.4, -0.2) is 44.9 Å². The lowest BCUT2D eigenvalue weighted by Crippen LogP contribution is -2.40. The number of benzene rings is 1. The molecule has 0 N–H and O–H groups in total. The SMILES string of the molecule is [B]C(=O)N1C(c2c(OC)cccc2OC)O[C@@H](C)C1CC(C)C. The molecule has 0 aliphatic carbocycles. The summed E-state index contributed by atoms with van der Waals surface area (Å²) < 4.78 is 17.0. The molecule has 0 saturated carbocycles. The molecule has 23 heavy (non-hydrogen) atoms. The highest BCUT2D eigenvalue weighted by Crippen LogP contribution is 2.44. The van der Waals surface area contributed by atoms with E-state index in [2.05, 4.69) is 13.8 Å². The van der Waals surface area contributed by atoms with E-state index in [0.29, 0.717) is 23.0 Å². The molecule has 0 bridgehead atoms. The highest BCUT2D eigenvalue weighted by molar-refractivity contribution is 6.57. The first kappa shape index (κ1) is 17.7. The summed E-state index contributed by atoms with van der Waals surface area (Å²) in [5, 5.41) is 0. The van der Waals surface area contributed by atoms with E-state index in [1.165, 1.54) is 0 Å². The van der Waals surface area contributed by atoms with Crippen molar-refractivity contribution in [2.45, 2.75) is 45.6 Å². The Balaban J connectivity index is 2.48. The Bertz CT molecular complexity index is 541. The van der Waals surface area contributed by atoms with Crippen LogP contribution in [0.2, 0.25) is 0 Å². The molecule has 2 radical (unpaired) electrons. The fraction of sp³-hybridized carbons (Fsp3) is 0.588. The summed E-state index contributed by atoms with van der Waals surface area (Å²) >= 11 is 0. The van der Waals surface area contributed by atoms with E-state index >= 15 is 0 Å². The average molecular weight is 317 g/mol. The molecule has 0 spiro atoms. The first-order valence-corrected chi connectivity index (χ1v) is 7.84. The van der Waals surface area contributed by atoms with Crippen LogP contribution in [0, 0.1) is 5.92 Å². The molecular formula is C17H24BNO4. The van der Waals surface area contributed by atoms with Gasteiger partial charge in [-0.2, -0.15) is 0 Å². The summed E-state index contributed by atoms with van der Waals surface area (Å²) in [7, 11) is 8.82. The van der Waals surface area contributed by atoms with Gasteiger partial charge in [-0.05, 0) is 31.4 Å². The Labute approximate surface area is 139 Å². The maximum absolute atomic E-state index is 12.1. The number of carbonyl (C=O) groups is 1. The summed E-state index contributed by atoms with van der Waals surface area (Å²) in [6, 6.07) is 5.40. The molecule has 1 aliphatic rings. The third kappa shape index (κ3) is 3.47. The second-order valence-electron chi connectivity index (χ2n) is 6.21. The first-order valence-electron chi connectivity index (χ1n) is 7.84. The fourth-order valence-electron chi connectivity index (χ4n) is 3.16. The second kappa shape index (κ2) is 7.26. The van der Waals surface area contributed by atoms with Gasteiger partial charge in [0.25, 0.3) is 0 Å². The van der Waals surface area contributed by atoms with Gasteiger partial charge in [-0.1, -0.05) is 19.9 Å². The second-order valence-corrected chi connectivity index (χ2v) is 6.21. The number of amides is 1. The molecule has 2 rings (SSSR count). The zero-order valence-electron chi connectivity index (χ0n) is 14.4. The molecule has 1 aliphatic heterocycles. The molecule has 1 aromatic rings. The van der Waals surface area contributed by atoms with Gasteiger partial charge >= 0.3 is 0 Å². The van der Waals surface area contributed by atoms with Crippen LogP contribution >= 0.6 is 0 Å². The van der Waals surface area contributed by atoms with Gasteiger partial charge in [0.2, 0.25) is 7.85 Å². The zero-order valence-corrected chi connectivity index (χ0v) is 14.4. The minimum Gasteiger partial charge on any atom is -0.496 e. The highest BCUT2D eigenvalue weighted by atomic mass is 16.5. The molecule has 3 atom stereocenters. The molecule has 1 aromatic carbocycles. The zero-order chi connectivity index (χ0) is 17.1. The summed E-state index contributed by atoms with van der Waals surface area (Å²) in [5.74, 6) is 1.14. The Morgan fingerprint density at radius 1 is 1.30 bits per heavy atom. The van der Waals surface area contributed by atoms with Gasteiger partial charge in [0.15, 0.2) is 12.0 Å². The fourth-order valence-corrected chi connectivity index (χ4v) is 3.16. The molecule has 1 heterocycles. The van der Waals surface area contributed by atoms with Gasteiger partial charge in [0, 0.05) is 0 Å². The van der Waals surface area contributed by atoms with Gasteiger partial charge in [-0.15, -0.1) is 0 Å². The standard InChI is InChI=1S/C17H24BNO4/c1-10(2)9-12-11(3)23-16(19(12)17(18)20)15-13(21-4)7-6-8-14(15)22-5/h6-8,10-12,16H,9H2,1-5H3/t11-,12?,16?/m0/s1. The van der Waals surface area contributed by atoms with E-state index in [-0.39, 0.29) is 12.1 Å². The van der Waals surface area contributed by atoms with Crippen molar-refractivity contribution in [2.75, 3.05) is 14.2 Å². The number of hydrogen-bond donors (Lipinski definition) is 0. The Morgan fingerprint density at radius 2 is 1.87 bits per heavy atom. The Morgan fingerprint density at radius 3 is 2.30 bits per heavy atom. The van der Waals surface area contributed by atoms with Crippen molar-refractivity contribution in [1.29, 1.82) is 0 Å². The quantitative estimate of drug-likeness (QED) is 0.783. The normalized spacial score (nSPS) is 24.1. The molecule has 1 amide bonds. The van der Waals surface area contributed by atoms with Crippen LogP contribution in [0.4, 0.5) is 4.79 Å². The van der Waals surface area contributed by atoms with Crippen molar-refractivity contribution in [3.05, 3.63) is 23.8 Å². The lowest BCUT2D eigenvalue weighted by molar-refractivity contribution is 0.0174. The molecule has 6 heteroatoms. The van der Waals surface area contributed by atoms with E-state index < -0.39 is 12.0 Å². The minimum absolute atomic E-state index is 0.0767. The van der Waals surface area contributed by atoms with E-state index in [9.17, 15) is 4.79 Å². The third-order valence-corrected chi connectivity index (χ3v) is 4.18. The van der Waals surface area contributed by atoms with Crippen molar-refractivity contribution in [2.24, 2.45) is 5.92 Å².